The summed E-state index contributed by atoms with van der Waals surface area (Å²) >= 11 is 4.61. The Hall–Kier alpha value is -1.40. The van der Waals surface area contributed by atoms with Gasteiger partial charge in [-0.3, -0.25) is 0 Å². The van der Waals surface area contributed by atoms with Crippen molar-refractivity contribution in [3.63, 3.8) is 0 Å². The van der Waals surface area contributed by atoms with Gasteiger partial charge in [0.25, 0.3) is 0 Å². The van der Waals surface area contributed by atoms with E-state index in [4.69, 9.17) is 9.84 Å². The fourth-order valence-corrected chi connectivity index (χ4v) is 2.30. The van der Waals surface area contributed by atoms with Gasteiger partial charge in [0, 0.05) is 4.47 Å². The highest BCUT2D eigenvalue weighted by Gasteiger charge is 2.13. The van der Waals surface area contributed by atoms with Crippen LogP contribution in [0.3, 0.4) is 0 Å². The summed E-state index contributed by atoms with van der Waals surface area (Å²) in [5, 5.41) is 8.88. The maximum Gasteiger partial charge on any atom is 0.355 e. The summed E-state index contributed by atoms with van der Waals surface area (Å²) in [4.78, 5) is 15.2. The van der Waals surface area contributed by atoms with E-state index in [2.05, 4.69) is 20.9 Å². The van der Waals surface area contributed by atoms with Crippen LogP contribution in [0.2, 0.25) is 0 Å². The van der Waals surface area contributed by atoms with Gasteiger partial charge in [-0.15, -0.1) is 11.3 Å². The van der Waals surface area contributed by atoms with E-state index in [1.54, 1.807) is 0 Å². The highest BCUT2D eigenvalue weighted by Crippen LogP contribution is 2.21. The molecule has 0 bridgehead atoms. The molecule has 1 N–H and O–H groups in total. The summed E-state index contributed by atoms with van der Waals surface area (Å²) in [5.74, 6) is -0.344. The number of hydrogen-bond donors (Lipinski definition) is 1. The molecule has 1 heterocycles. The molecular formula is C11H8BrNO3S. The topological polar surface area (TPSA) is 59.4 Å². The minimum absolute atomic E-state index is 0.0602. The monoisotopic (exact) mass is 313 g/mol. The number of carbonyl (C=O) groups is 1. The summed E-state index contributed by atoms with van der Waals surface area (Å²) in [6, 6.07) is 7.38. The second-order valence-corrected chi connectivity index (χ2v) is 5.03. The fraction of sp³-hybridized carbons (Fsp3) is 0.0909. The minimum Gasteiger partial charge on any atom is -0.488 e. The Morgan fingerprint density at radius 3 is 3.06 bits per heavy atom. The van der Waals surface area contributed by atoms with Gasteiger partial charge in [0.15, 0.2) is 5.69 Å². The number of rotatable bonds is 4. The number of aromatic nitrogens is 1. The maximum atomic E-state index is 10.8. The van der Waals surface area contributed by atoms with Crippen LogP contribution < -0.4 is 4.74 Å². The van der Waals surface area contributed by atoms with Gasteiger partial charge < -0.3 is 9.84 Å². The number of carboxylic acid groups (broad SMARTS) is 1. The summed E-state index contributed by atoms with van der Waals surface area (Å²) in [6.07, 6.45) is 0. The molecule has 0 aliphatic carbocycles. The molecule has 6 heteroatoms. The minimum atomic E-state index is -1.03. The summed E-state index contributed by atoms with van der Waals surface area (Å²) in [6.45, 7) is 0.211. The fourth-order valence-electron chi connectivity index (χ4n) is 1.25. The number of thiazole rings is 1. The summed E-state index contributed by atoms with van der Waals surface area (Å²) in [5.41, 5.74) is 1.56. The van der Waals surface area contributed by atoms with Crippen molar-refractivity contribution in [1.29, 1.82) is 0 Å². The number of benzene rings is 1. The molecule has 0 fully saturated rings. The van der Waals surface area contributed by atoms with Crippen LogP contribution in [0.25, 0.3) is 0 Å². The molecule has 0 atom stereocenters. The molecule has 4 nitrogen and oxygen atoms in total. The van der Waals surface area contributed by atoms with Crippen LogP contribution in [0, 0.1) is 0 Å². The zero-order chi connectivity index (χ0) is 12.3. The van der Waals surface area contributed by atoms with E-state index in [-0.39, 0.29) is 12.3 Å². The molecule has 0 unspecified atom stereocenters. The third kappa shape index (κ3) is 3.04. The van der Waals surface area contributed by atoms with Gasteiger partial charge in [0.2, 0.25) is 0 Å². The first kappa shape index (κ1) is 12.1. The lowest BCUT2D eigenvalue weighted by Crippen LogP contribution is -2.03. The molecule has 0 radical (unpaired) electrons. The third-order valence-electron chi connectivity index (χ3n) is 2.01. The Bertz CT molecular complexity index is 541. The van der Waals surface area contributed by atoms with Gasteiger partial charge in [0.05, 0.1) is 10.4 Å². The number of nitrogens with zero attached hydrogens (tertiary/aromatic N) is 1. The third-order valence-corrected chi connectivity index (χ3v) is 3.31. The second kappa shape index (κ2) is 5.29. The normalized spacial score (nSPS) is 10.2. The van der Waals surface area contributed by atoms with Crippen molar-refractivity contribution < 1.29 is 14.6 Å². The smallest absolute Gasteiger partial charge is 0.355 e. The van der Waals surface area contributed by atoms with E-state index in [1.807, 2.05) is 24.3 Å². The van der Waals surface area contributed by atoms with Crippen molar-refractivity contribution >= 4 is 33.2 Å². The highest BCUT2D eigenvalue weighted by molar-refractivity contribution is 9.10. The van der Waals surface area contributed by atoms with Gasteiger partial charge >= 0.3 is 5.97 Å². The first-order chi connectivity index (χ1) is 8.16. The SMILES string of the molecule is O=C(O)c1ncsc1COc1cccc(Br)c1. The zero-order valence-electron chi connectivity index (χ0n) is 8.59. The Morgan fingerprint density at radius 1 is 1.53 bits per heavy atom. The molecular weight excluding hydrogens is 306 g/mol. The highest BCUT2D eigenvalue weighted by atomic mass is 79.9. The average molecular weight is 314 g/mol. The number of hydrogen-bond acceptors (Lipinski definition) is 4. The molecule has 1 aromatic carbocycles. The van der Waals surface area contributed by atoms with Gasteiger partial charge in [-0.25, -0.2) is 9.78 Å². The number of aromatic carboxylic acids is 1. The molecule has 0 aliphatic heterocycles. The van der Waals surface area contributed by atoms with Crippen LogP contribution >= 0.6 is 27.3 Å². The molecule has 2 aromatic rings. The molecule has 0 saturated carbocycles. The Labute approximate surface area is 110 Å². The van der Waals surface area contributed by atoms with E-state index in [0.29, 0.717) is 10.6 Å². The van der Waals surface area contributed by atoms with Crippen LogP contribution in [0.5, 0.6) is 5.75 Å². The number of halogens is 1. The lowest BCUT2D eigenvalue weighted by molar-refractivity contribution is 0.0688. The zero-order valence-corrected chi connectivity index (χ0v) is 11.0. The number of carboxylic acids is 1. The lowest BCUT2D eigenvalue weighted by atomic mass is 10.3. The van der Waals surface area contributed by atoms with Crippen LogP contribution in [0.4, 0.5) is 0 Å². The van der Waals surface area contributed by atoms with Gasteiger partial charge in [0.1, 0.15) is 12.4 Å². The van der Waals surface area contributed by atoms with Gasteiger partial charge in [-0.05, 0) is 18.2 Å². The Morgan fingerprint density at radius 2 is 2.35 bits per heavy atom. The molecule has 0 amide bonds. The van der Waals surface area contributed by atoms with E-state index >= 15 is 0 Å². The summed E-state index contributed by atoms with van der Waals surface area (Å²) in [7, 11) is 0. The van der Waals surface area contributed by atoms with E-state index in [1.165, 1.54) is 16.8 Å². The van der Waals surface area contributed by atoms with Crippen molar-refractivity contribution in [1.82, 2.24) is 4.98 Å². The van der Waals surface area contributed by atoms with E-state index in [0.717, 1.165) is 4.47 Å². The average Bonchev–Trinajstić information content (AvgIpc) is 2.74. The summed E-state index contributed by atoms with van der Waals surface area (Å²) < 4.78 is 6.41. The van der Waals surface area contributed by atoms with Crippen molar-refractivity contribution in [2.75, 3.05) is 0 Å². The van der Waals surface area contributed by atoms with Crippen molar-refractivity contribution in [3.8, 4) is 5.75 Å². The van der Waals surface area contributed by atoms with Crippen molar-refractivity contribution in [2.45, 2.75) is 6.61 Å². The van der Waals surface area contributed by atoms with Crippen LogP contribution in [-0.2, 0) is 6.61 Å². The molecule has 17 heavy (non-hydrogen) atoms. The predicted molar refractivity (Wildman–Crippen MR) is 67.5 cm³/mol. The molecule has 0 spiro atoms. The van der Waals surface area contributed by atoms with Crippen LogP contribution in [0.1, 0.15) is 15.4 Å². The van der Waals surface area contributed by atoms with Crippen LogP contribution in [-0.4, -0.2) is 16.1 Å². The predicted octanol–water partition coefficient (Wildman–Crippen LogP) is 3.18. The van der Waals surface area contributed by atoms with Gasteiger partial charge in [-0.1, -0.05) is 22.0 Å². The standard InChI is InChI=1S/C11H8BrNO3S/c12-7-2-1-3-8(4-7)16-5-9-10(11(14)15)13-6-17-9/h1-4,6H,5H2,(H,14,15). The van der Waals surface area contributed by atoms with Crippen molar-refractivity contribution in [3.05, 3.63) is 44.8 Å². The molecule has 2 rings (SSSR count). The largest absolute Gasteiger partial charge is 0.488 e. The Kier molecular flexibility index (Phi) is 3.75. The maximum absolute atomic E-state index is 10.8. The van der Waals surface area contributed by atoms with Crippen molar-refractivity contribution in [2.24, 2.45) is 0 Å². The second-order valence-electron chi connectivity index (χ2n) is 3.18. The molecule has 1 aromatic heterocycles. The molecule has 0 aliphatic rings. The first-order valence-corrected chi connectivity index (χ1v) is 6.38. The van der Waals surface area contributed by atoms with Gasteiger partial charge in [-0.2, -0.15) is 0 Å². The first-order valence-electron chi connectivity index (χ1n) is 4.71. The lowest BCUT2D eigenvalue weighted by Gasteiger charge is -2.05. The van der Waals surface area contributed by atoms with E-state index < -0.39 is 5.97 Å². The number of ether oxygens (including phenoxy) is 1. The quantitative estimate of drug-likeness (QED) is 0.941. The molecule has 0 saturated heterocycles. The Balaban J connectivity index is 2.07. The molecule has 88 valence electrons. The van der Waals surface area contributed by atoms with Crippen LogP contribution in [0.15, 0.2) is 34.2 Å². The van der Waals surface area contributed by atoms with E-state index in [9.17, 15) is 4.79 Å².